The molecule has 4 rings (SSSR count). The summed E-state index contributed by atoms with van der Waals surface area (Å²) in [7, 11) is 3.05. The molecule has 0 spiro atoms. The van der Waals surface area contributed by atoms with Crippen molar-refractivity contribution in [3.05, 3.63) is 59.4 Å². The Hall–Kier alpha value is -3.46. The van der Waals surface area contributed by atoms with Gasteiger partial charge in [0.15, 0.2) is 0 Å². The van der Waals surface area contributed by atoms with Crippen molar-refractivity contribution >= 4 is 23.5 Å². The fourth-order valence-corrected chi connectivity index (χ4v) is 4.18. The average Bonchev–Trinajstić information content (AvgIpc) is 2.82. The Labute approximate surface area is 190 Å². The van der Waals surface area contributed by atoms with Crippen LogP contribution in [0.15, 0.2) is 42.5 Å². The number of carbonyl (C=O) groups is 3. The van der Waals surface area contributed by atoms with Crippen LogP contribution in [0.5, 0.6) is 5.75 Å². The zero-order valence-corrected chi connectivity index (χ0v) is 18.4. The summed E-state index contributed by atoms with van der Waals surface area (Å²) >= 11 is 0. The molecular weight excluding hydrogens is 431 g/mol. The van der Waals surface area contributed by atoms with E-state index >= 15 is 0 Å². The van der Waals surface area contributed by atoms with E-state index < -0.39 is 11.7 Å². The Morgan fingerprint density at radius 1 is 1.18 bits per heavy atom. The van der Waals surface area contributed by atoms with E-state index in [0.29, 0.717) is 35.4 Å². The second-order valence-electron chi connectivity index (χ2n) is 8.12. The highest BCUT2D eigenvalue weighted by Gasteiger charge is 2.39. The van der Waals surface area contributed by atoms with E-state index in [1.165, 1.54) is 31.4 Å². The second-order valence-corrected chi connectivity index (χ2v) is 8.12. The number of ether oxygens (including phenoxy) is 3. The Kier molecular flexibility index (Phi) is 6.60. The number of benzene rings is 2. The van der Waals surface area contributed by atoms with Gasteiger partial charge >= 0.3 is 5.97 Å². The summed E-state index contributed by atoms with van der Waals surface area (Å²) < 4.78 is 29.8. The molecule has 2 aliphatic rings. The molecule has 2 heterocycles. The van der Waals surface area contributed by atoms with E-state index in [1.807, 2.05) is 0 Å². The van der Waals surface area contributed by atoms with Crippen LogP contribution in [-0.4, -0.2) is 61.7 Å². The van der Waals surface area contributed by atoms with Gasteiger partial charge in [-0.1, -0.05) is 0 Å². The Bertz CT molecular complexity index is 1060. The number of likely N-dealkylation sites (N-methyl/N-ethyl adjacent to an activating group) is 1. The van der Waals surface area contributed by atoms with Crippen molar-refractivity contribution in [3.63, 3.8) is 0 Å². The van der Waals surface area contributed by atoms with Gasteiger partial charge in [0, 0.05) is 18.3 Å². The fraction of sp³-hybridized carbons (Fsp3) is 0.375. The highest BCUT2D eigenvalue weighted by molar-refractivity contribution is 6.05. The predicted molar refractivity (Wildman–Crippen MR) is 117 cm³/mol. The van der Waals surface area contributed by atoms with Crippen LogP contribution in [0.2, 0.25) is 0 Å². The molecule has 2 aromatic rings. The van der Waals surface area contributed by atoms with Crippen molar-refractivity contribution in [2.75, 3.05) is 26.1 Å². The largest absolute Gasteiger partial charge is 0.490 e. The van der Waals surface area contributed by atoms with Crippen LogP contribution in [0.3, 0.4) is 0 Å². The van der Waals surface area contributed by atoms with Crippen molar-refractivity contribution in [3.8, 4) is 5.75 Å². The molecule has 9 heteroatoms. The summed E-state index contributed by atoms with van der Waals surface area (Å²) in [6.07, 6.45) is 0.774. The summed E-state index contributed by atoms with van der Waals surface area (Å²) in [5.74, 6) is -1.06. The summed E-state index contributed by atoms with van der Waals surface area (Å²) in [6.45, 7) is 0.217. The number of anilines is 1. The maximum atomic E-state index is 13.3. The van der Waals surface area contributed by atoms with E-state index in [1.54, 1.807) is 30.1 Å². The van der Waals surface area contributed by atoms with Crippen LogP contribution in [0.25, 0.3) is 0 Å². The maximum Gasteiger partial charge on any atom is 0.308 e. The molecule has 2 amide bonds. The van der Waals surface area contributed by atoms with Crippen molar-refractivity contribution in [1.82, 2.24) is 4.90 Å². The topological polar surface area (TPSA) is 94.2 Å². The number of methoxy groups -OCH3 is 1. The molecule has 1 N–H and O–H groups in total. The van der Waals surface area contributed by atoms with Gasteiger partial charge in [-0.05, 0) is 55.3 Å². The molecule has 0 aromatic heterocycles. The first-order chi connectivity index (χ1) is 15.9. The van der Waals surface area contributed by atoms with Crippen LogP contribution in [0.4, 0.5) is 10.1 Å². The minimum absolute atomic E-state index is 0.158. The zero-order valence-electron chi connectivity index (χ0n) is 18.4. The molecule has 1 saturated heterocycles. The highest BCUT2D eigenvalue weighted by atomic mass is 19.1. The highest BCUT2D eigenvalue weighted by Crippen LogP contribution is 2.32. The smallest absolute Gasteiger partial charge is 0.308 e. The molecule has 8 nitrogen and oxygen atoms in total. The van der Waals surface area contributed by atoms with Gasteiger partial charge in [-0.15, -0.1) is 0 Å². The predicted octanol–water partition coefficient (Wildman–Crippen LogP) is 3.02. The molecule has 1 fully saturated rings. The number of halogens is 1. The number of hydrogen-bond donors (Lipinski definition) is 1. The van der Waals surface area contributed by atoms with E-state index in [-0.39, 0.29) is 43.2 Å². The molecule has 0 bridgehead atoms. The lowest BCUT2D eigenvalue weighted by atomic mass is 9.94. The van der Waals surface area contributed by atoms with Crippen LogP contribution in [-0.2, 0) is 14.3 Å². The fourth-order valence-electron chi connectivity index (χ4n) is 4.18. The van der Waals surface area contributed by atoms with Crippen molar-refractivity contribution in [2.45, 2.75) is 37.5 Å². The van der Waals surface area contributed by atoms with Crippen molar-refractivity contribution in [1.29, 1.82) is 0 Å². The number of esters is 1. The normalized spacial score (nSPS) is 22.2. The SMILES string of the molecule is COC(=O)C[C@@H]1CC[C@H]2[C@H](COc3ccc(NC(=O)c4ccc(F)cc4)cc3C(=O)N2C)O1. The van der Waals surface area contributed by atoms with E-state index in [9.17, 15) is 18.8 Å². The number of amides is 2. The van der Waals surface area contributed by atoms with Crippen LogP contribution in [0, 0.1) is 5.82 Å². The summed E-state index contributed by atoms with van der Waals surface area (Å²) in [5, 5.41) is 2.73. The number of hydrogen-bond acceptors (Lipinski definition) is 6. The third-order valence-electron chi connectivity index (χ3n) is 6.00. The molecule has 33 heavy (non-hydrogen) atoms. The maximum absolute atomic E-state index is 13.3. The molecule has 2 aliphatic heterocycles. The van der Waals surface area contributed by atoms with Crippen LogP contribution < -0.4 is 10.1 Å². The lowest BCUT2D eigenvalue weighted by Crippen LogP contribution is -2.53. The molecule has 0 radical (unpaired) electrons. The third kappa shape index (κ3) is 4.98. The minimum atomic E-state index is -0.431. The van der Waals surface area contributed by atoms with Crippen LogP contribution >= 0.6 is 0 Å². The Morgan fingerprint density at radius 2 is 1.94 bits per heavy atom. The number of carbonyl (C=O) groups excluding carboxylic acids is 3. The van der Waals surface area contributed by atoms with Gasteiger partial charge in [-0.3, -0.25) is 14.4 Å². The molecular formula is C24H25FN2O6. The lowest BCUT2D eigenvalue weighted by molar-refractivity contribution is -0.151. The first-order valence-electron chi connectivity index (χ1n) is 10.7. The molecule has 174 valence electrons. The Balaban J connectivity index is 1.51. The number of rotatable bonds is 4. The summed E-state index contributed by atoms with van der Waals surface area (Å²) in [5.41, 5.74) is 1.04. The second kappa shape index (κ2) is 9.58. The Morgan fingerprint density at radius 3 is 2.67 bits per heavy atom. The van der Waals surface area contributed by atoms with Gasteiger partial charge in [-0.25, -0.2) is 4.39 Å². The molecule has 2 aromatic carbocycles. The van der Waals surface area contributed by atoms with E-state index in [2.05, 4.69) is 5.32 Å². The molecule has 0 saturated carbocycles. The third-order valence-corrected chi connectivity index (χ3v) is 6.00. The monoisotopic (exact) mass is 456 g/mol. The first kappa shape index (κ1) is 22.7. The quantitative estimate of drug-likeness (QED) is 0.711. The molecule has 3 atom stereocenters. The van der Waals surface area contributed by atoms with E-state index in [0.717, 1.165) is 0 Å². The first-order valence-corrected chi connectivity index (χ1v) is 10.7. The van der Waals surface area contributed by atoms with E-state index in [4.69, 9.17) is 14.2 Å². The zero-order chi connectivity index (χ0) is 23.5. The van der Waals surface area contributed by atoms with Gasteiger partial charge in [0.05, 0.1) is 31.2 Å². The number of nitrogens with zero attached hydrogens (tertiary/aromatic N) is 1. The summed E-state index contributed by atoms with van der Waals surface area (Å²) in [4.78, 5) is 39.0. The van der Waals surface area contributed by atoms with Gasteiger partial charge in [0.25, 0.3) is 11.8 Å². The van der Waals surface area contributed by atoms with Gasteiger partial charge in [0.2, 0.25) is 0 Å². The lowest BCUT2D eigenvalue weighted by Gasteiger charge is -2.42. The number of fused-ring (bicyclic) bond motifs is 2. The van der Waals surface area contributed by atoms with Gasteiger partial charge in [-0.2, -0.15) is 0 Å². The van der Waals surface area contributed by atoms with Gasteiger partial charge < -0.3 is 24.4 Å². The minimum Gasteiger partial charge on any atom is -0.490 e. The standard InChI is InChI=1S/C24H25FN2O6/c1-27-19-9-8-17(12-22(28)31-2)33-21(19)13-32-20-10-7-16(11-18(20)24(27)30)26-23(29)14-3-5-15(25)6-4-14/h3-7,10-11,17,19,21H,8-9,12-13H2,1-2H3,(H,26,29)/t17-,19-,21-/m0/s1. The van der Waals surface area contributed by atoms with Crippen molar-refractivity contribution < 1.29 is 33.0 Å². The molecule has 0 aliphatic carbocycles. The molecule has 0 unspecified atom stereocenters. The van der Waals surface area contributed by atoms with Crippen LogP contribution in [0.1, 0.15) is 40.0 Å². The summed E-state index contributed by atoms with van der Waals surface area (Å²) in [6, 6.07) is 9.80. The number of nitrogens with one attached hydrogen (secondary N) is 1. The van der Waals surface area contributed by atoms with Gasteiger partial charge in [0.1, 0.15) is 24.3 Å². The van der Waals surface area contributed by atoms with Crippen molar-refractivity contribution in [2.24, 2.45) is 0 Å². The average molecular weight is 456 g/mol.